The number of hydrogen-bond donors (Lipinski definition) is 1. The molecule has 3 aliphatic rings. The van der Waals surface area contributed by atoms with Gasteiger partial charge in [0.15, 0.2) is 0 Å². The predicted octanol–water partition coefficient (Wildman–Crippen LogP) is 3.46. The van der Waals surface area contributed by atoms with Crippen LogP contribution in [0.15, 0.2) is 22.7 Å². The summed E-state index contributed by atoms with van der Waals surface area (Å²) >= 11 is 9.33. The highest BCUT2D eigenvalue weighted by molar-refractivity contribution is 9.10. The van der Waals surface area contributed by atoms with Gasteiger partial charge in [-0.2, -0.15) is 0 Å². The summed E-state index contributed by atoms with van der Waals surface area (Å²) in [5.41, 5.74) is 0.532. The van der Waals surface area contributed by atoms with Gasteiger partial charge in [0.1, 0.15) is 6.04 Å². The quantitative estimate of drug-likeness (QED) is 0.754. The molecule has 2 aliphatic carbocycles. The Bertz CT molecular complexity index is 756. The van der Waals surface area contributed by atoms with E-state index in [-0.39, 0.29) is 29.6 Å². The van der Waals surface area contributed by atoms with Gasteiger partial charge in [0.2, 0.25) is 17.7 Å². The normalized spacial score (nSPS) is 31.4. The van der Waals surface area contributed by atoms with Crippen LogP contribution in [-0.2, 0) is 14.4 Å². The molecular formula is C18H18BrClN2O3. The Balaban J connectivity index is 1.51. The van der Waals surface area contributed by atoms with Gasteiger partial charge in [-0.05, 0) is 72.2 Å². The second-order valence-corrected chi connectivity index (χ2v) is 8.49. The highest BCUT2D eigenvalue weighted by atomic mass is 79.9. The summed E-state index contributed by atoms with van der Waals surface area (Å²) in [6.07, 6.45) is 3.03. The number of likely N-dealkylation sites (tertiary alicyclic amines) is 1. The van der Waals surface area contributed by atoms with Gasteiger partial charge in [0, 0.05) is 10.2 Å². The van der Waals surface area contributed by atoms with E-state index in [1.54, 1.807) is 25.1 Å². The van der Waals surface area contributed by atoms with Crippen LogP contribution in [0, 0.1) is 23.7 Å². The van der Waals surface area contributed by atoms with E-state index in [4.69, 9.17) is 11.6 Å². The van der Waals surface area contributed by atoms with Crippen LogP contribution >= 0.6 is 27.5 Å². The number of carbonyl (C=O) groups is 3. The first-order valence-electron chi connectivity index (χ1n) is 8.51. The largest absolute Gasteiger partial charge is 0.324 e. The van der Waals surface area contributed by atoms with Crippen LogP contribution in [-0.4, -0.2) is 28.7 Å². The number of imide groups is 1. The fraction of sp³-hybridized carbons (Fsp3) is 0.500. The molecule has 25 heavy (non-hydrogen) atoms. The third-order valence-corrected chi connectivity index (χ3v) is 7.15. The van der Waals surface area contributed by atoms with Crippen LogP contribution in [0.25, 0.3) is 0 Å². The van der Waals surface area contributed by atoms with Crippen LogP contribution in [0.3, 0.4) is 0 Å². The summed E-state index contributed by atoms with van der Waals surface area (Å²) in [6.45, 7) is 1.61. The van der Waals surface area contributed by atoms with E-state index in [0.717, 1.165) is 23.7 Å². The van der Waals surface area contributed by atoms with Crippen LogP contribution in [0.2, 0.25) is 5.02 Å². The third kappa shape index (κ3) is 2.61. The molecule has 132 valence electrons. The van der Waals surface area contributed by atoms with Crippen molar-refractivity contribution in [1.29, 1.82) is 0 Å². The van der Waals surface area contributed by atoms with Gasteiger partial charge >= 0.3 is 0 Å². The van der Waals surface area contributed by atoms with Crippen LogP contribution in [0.5, 0.6) is 0 Å². The van der Waals surface area contributed by atoms with Crippen LogP contribution in [0.1, 0.15) is 26.2 Å². The smallest absolute Gasteiger partial charge is 0.247 e. The number of rotatable bonds is 3. The molecule has 4 rings (SSSR count). The Kier molecular flexibility index (Phi) is 4.15. The lowest BCUT2D eigenvalue weighted by atomic mass is 9.81. The number of amides is 3. The molecule has 1 saturated heterocycles. The average molecular weight is 426 g/mol. The fourth-order valence-corrected chi connectivity index (χ4v) is 5.18. The molecule has 2 bridgehead atoms. The maximum Gasteiger partial charge on any atom is 0.247 e. The standard InChI is InChI=1S/C18H18BrClN2O3/c1-8(16(23)21-11-4-5-12(19)13(20)7-11)22-17(24)14-9-2-3-10(6-9)15(14)18(22)25/h4-5,7-10,14-15H,2-3,6H2,1H3,(H,21,23)/t8-,9+,10+,14-,15-/m1/s1. The molecular weight excluding hydrogens is 408 g/mol. The molecule has 1 aliphatic heterocycles. The maximum atomic E-state index is 12.8. The Morgan fingerprint density at radius 3 is 2.40 bits per heavy atom. The lowest BCUT2D eigenvalue weighted by molar-refractivity contribution is -0.146. The fourth-order valence-electron chi connectivity index (χ4n) is 4.75. The zero-order valence-corrected chi connectivity index (χ0v) is 16.0. The van der Waals surface area contributed by atoms with Crippen LogP contribution in [0.4, 0.5) is 5.69 Å². The molecule has 5 nitrogen and oxygen atoms in total. The van der Waals surface area contributed by atoms with E-state index in [1.165, 1.54) is 4.90 Å². The SMILES string of the molecule is C[C@H](C(=O)Nc1ccc(Br)c(Cl)c1)N1C(=O)[C@@H]2[C@H]3CC[C@@H](C3)[C@H]2C1=O. The molecule has 0 spiro atoms. The second kappa shape index (κ2) is 6.09. The number of anilines is 1. The van der Waals surface area contributed by atoms with E-state index in [9.17, 15) is 14.4 Å². The number of halogens is 2. The molecule has 1 N–H and O–H groups in total. The summed E-state index contributed by atoms with van der Waals surface area (Å²) in [5, 5.41) is 3.22. The van der Waals surface area contributed by atoms with Crippen molar-refractivity contribution >= 4 is 50.9 Å². The molecule has 5 atom stereocenters. The molecule has 2 saturated carbocycles. The van der Waals surface area contributed by atoms with Crippen molar-refractivity contribution in [1.82, 2.24) is 4.90 Å². The number of hydrogen-bond acceptors (Lipinski definition) is 3. The van der Waals surface area contributed by atoms with Gasteiger partial charge in [-0.15, -0.1) is 0 Å². The summed E-state index contributed by atoms with van der Waals surface area (Å²) < 4.78 is 0.730. The van der Waals surface area contributed by atoms with E-state index in [1.807, 2.05) is 0 Å². The van der Waals surface area contributed by atoms with Gasteiger partial charge in [0.25, 0.3) is 0 Å². The van der Waals surface area contributed by atoms with Gasteiger partial charge in [-0.1, -0.05) is 11.6 Å². The number of nitrogens with one attached hydrogen (secondary N) is 1. The number of fused-ring (bicyclic) bond motifs is 5. The Morgan fingerprint density at radius 1 is 1.24 bits per heavy atom. The van der Waals surface area contributed by atoms with Crippen molar-refractivity contribution in [2.24, 2.45) is 23.7 Å². The zero-order chi connectivity index (χ0) is 17.9. The van der Waals surface area contributed by atoms with Gasteiger partial charge in [-0.25, -0.2) is 0 Å². The first kappa shape index (κ1) is 17.0. The van der Waals surface area contributed by atoms with E-state index in [2.05, 4.69) is 21.2 Å². The number of nitrogens with zero attached hydrogens (tertiary/aromatic N) is 1. The van der Waals surface area contributed by atoms with Crippen molar-refractivity contribution in [2.45, 2.75) is 32.2 Å². The zero-order valence-electron chi connectivity index (χ0n) is 13.7. The van der Waals surface area contributed by atoms with Gasteiger partial charge in [0.05, 0.1) is 16.9 Å². The first-order chi connectivity index (χ1) is 11.9. The predicted molar refractivity (Wildman–Crippen MR) is 96.9 cm³/mol. The molecule has 7 heteroatoms. The lowest BCUT2D eigenvalue weighted by Gasteiger charge is -2.23. The lowest BCUT2D eigenvalue weighted by Crippen LogP contribution is -2.46. The van der Waals surface area contributed by atoms with Gasteiger partial charge in [-0.3, -0.25) is 19.3 Å². The van der Waals surface area contributed by atoms with E-state index < -0.39 is 6.04 Å². The molecule has 0 radical (unpaired) electrons. The molecule has 3 fully saturated rings. The topological polar surface area (TPSA) is 66.5 Å². The highest BCUT2D eigenvalue weighted by Crippen LogP contribution is 2.56. The van der Waals surface area contributed by atoms with Crippen LogP contribution < -0.4 is 5.32 Å². The molecule has 0 aromatic heterocycles. The minimum Gasteiger partial charge on any atom is -0.324 e. The van der Waals surface area contributed by atoms with Gasteiger partial charge < -0.3 is 5.32 Å². The Hall–Kier alpha value is -1.40. The summed E-state index contributed by atoms with van der Waals surface area (Å²) in [4.78, 5) is 39.3. The summed E-state index contributed by atoms with van der Waals surface area (Å²) in [7, 11) is 0. The Labute approximate surface area is 159 Å². The summed E-state index contributed by atoms with van der Waals surface area (Å²) in [6, 6.07) is 4.24. The van der Waals surface area contributed by atoms with E-state index in [0.29, 0.717) is 22.5 Å². The second-order valence-electron chi connectivity index (χ2n) is 7.23. The van der Waals surface area contributed by atoms with E-state index >= 15 is 0 Å². The number of carbonyl (C=O) groups excluding carboxylic acids is 3. The molecule has 1 aromatic carbocycles. The minimum atomic E-state index is -0.826. The van der Waals surface area contributed by atoms with Crippen molar-refractivity contribution in [3.05, 3.63) is 27.7 Å². The van der Waals surface area contributed by atoms with Crippen molar-refractivity contribution in [3.63, 3.8) is 0 Å². The maximum absolute atomic E-state index is 12.8. The average Bonchev–Trinajstić information content (AvgIpc) is 3.24. The minimum absolute atomic E-state index is 0.168. The van der Waals surface area contributed by atoms with Crippen molar-refractivity contribution in [2.75, 3.05) is 5.32 Å². The Morgan fingerprint density at radius 2 is 1.84 bits per heavy atom. The van der Waals surface area contributed by atoms with Crippen molar-refractivity contribution in [3.8, 4) is 0 Å². The monoisotopic (exact) mass is 424 g/mol. The summed E-state index contributed by atoms with van der Waals surface area (Å²) in [5.74, 6) is -0.494. The van der Waals surface area contributed by atoms with Crippen molar-refractivity contribution < 1.29 is 14.4 Å². The number of benzene rings is 1. The highest BCUT2D eigenvalue weighted by Gasteiger charge is 2.62. The molecule has 0 unspecified atom stereocenters. The molecule has 3 amide bonds. The first-order valence-corrected chi connectivity index (χ1v) is 9.68. The molecule has 1 heterocycles. The molecule has 1 aromatic rings. The third-order valence-electron chi connectivity index (χ3n) is 5.92.